The van der Waals surface area contributed by atoms with Crippen LogP contribution in [0.15, 0.2) is 48.5 Å². The summed E-state index contributed by atoms with van der Waals surface area (Å²) in [5, 5.41) is 13.5. The molecule has 1 aliphatic carbocycles. The molecule has 4 rings (SSSR count). The third-order valence-electron chi connectivity index (χ3n) is 5.12. The van der Waals surface area contributed by atoms with E-state index in [1.54, 1.807) is 0 Å². The van der Waals surface area contributed by atoms with Gasteiger partial charge in [0.1, 0.15) is 12.7 Å². The molecule has 0 saturated heterocycles. The lowest BCUT2D eigenvalue weighted by Gasteiger charge is -2.28. The molecule has 5 nitrogen and oxygen atoms in total. The minimum atomic E-state index is -0.545. The van der Waals surface area contributed by atoms with E-state index in [1.807, 2.05) is 24.3 Å². The van der Waals surface area contributed by atoms with Crippen LogP contribution in [-0.4, -0.2) is 43.6 Å². The molecule has 2 aliphatic rings. The lowest BCUT2D eigenvalue weighted by atomic mass is 9.89. The van der Waals surface area contributed by atoms with Gasteiger partial charge in [-0.2, -0.15) is 0 Å². The number of fused-ring (bicyclic) bond motifs is 2. The van der Waals surface area contributed by atoms with E-state index in [9.17, 15) is 5.11 Å². The first-order valence-electron chi connectivity index (χ1n) is 9.76. The predicted octanol–water partition coefficient (Wildman–Crippen LogP) is 2.87. The maximum absolute atomic E-state index is 10.3. The van der Waals surface area contributed by atoms with Crippen LogP contribution >= 0.6 is 0 Å². The molecule has 1 heterocycles. The van der Waals surface area contributed by atoms with E-state index in [-0.39, 0.29) is 12.2 Å². The Hall–Kier alpha value is -2.08. The molecule has 144 valence electrons. The molecule has 5 heteroatoms. The van der Waals surface area contributed by atoms with Crippen molar-refractivity contribution in [2.24, 2.45) is 0 Å². The largest absolute Gasteiger partial charge is 0.486 e. The Balaban J connectivity index is 1.18. The summed E-state index contributed by atoms with van der Waals surface area (Å²) < 4.78 is 17.6. The molecule has 0 amide bonds. The van der Waals surface area contributed by atoms with Crippen molar-refractivity contribution < 1.29 is 19.3 Å². The van der Waals surface area contributed by atoms with Gasteiger partial charge in [-0.1, -0.05) is 36.4 Å². The summed E-state index contributed by atoms with van der Waals surface area (Å²) in [6.07, 6.45) is 2.76. The van der Waals surface area contributed by atoms with Gasteiger partial charge >= 0.3 is 0 Å². The molecule has 0 radical (unpaired) electrons. The second-order valence-electron chi connectivity index (χ2n) is 7.22. The van der Waals surface area contributed by atoms with E-state index < -0.39 is 6.10 Å². The first kappa shape index (κ1) is 18.3. The topological polar surface area (TPSA) is 60.0 Å². The van der Waals surface area contributed by atoms with Crippen molar-refractivity contribution in [3.8, 4) is 11.5 Å². The highest BCUT2D eigenvalue weighted by Gasteiger charge is 2.22. The van der Waals surface area contributed by atoms with Gasteiger partial charge in [0.15, 0.2) is 11.5 Å². The Bertz CT molecular complexity index is 751. The third kappa shape index (κ3) is 4.61. The van der Waals surface area contributed by atoms with Crippen LogP contribution in [0.1, 0.15) is 30.1 Å². The SMILES string of the molecule is O[C@H](CNC[C@H]1COc2ccccc2O1)CO[C@@H]1CCCc2ccccc21. The fourth-order valence-electron chi connectivity index (χ4n) is 3.74. The van der Waals surface area contributed by atoms with E-state index in [2.05, 4.69) is 29.6 Å². The number of benzene rings is 2. The molecule has 0 spiro atoms. The summed E-state index contributed by atoms with van der Waals surface area (Å²) in [4.78, 5) is 0. The standard InChI is InChI=1S/C22H27NO4/c24-17(14-25-20-11-5-7-16-6-1-2-8-19(16)20)12-23-13-18-15-26-21-9-3-4-10-22(21)27-18/h1-4,6,8-10,17-18,20,23-24H,5,7,11-15H2/t17-,18+,20-/m1/s1. The number of aliphatic hydroxyl groups is 1. The Morgan fingerprint density at radius 2 is 1.93 bits per heavy atom. The van der Waals surface area contributed by atoms with Crippen molar-refractivity contribution in [2.75, 3.05) is 26.3 Å². The Morgan fingerprint density at radius 1 is 1.11 bits per heavy atom. The van der Waals surface area contributed by atoms with Crippen LogP contribution in [0.25, 0.3) is 0 Å². The van der Waals surface area contributed by atoms with Crippen LogP contribution in [0.3, 0.4) is 0 Å². The first-order valence-corrected chi connectivity index (χ1v) is 9.76. The Morgan fingerprint density at radius 3 is 2.85 bits per heavy atom. The average molecular weight is 369 g/mol. The van der Waals surface area contributed by atoms with E-state index in [4.69, 9.17) is 14.2 Å². The molecular formula is C22H27NO4. The van der Waals surface area contributed by atoms with Gasteiger partial charge in [0.25, 0.3) is 0 Å². The van der Waals surface area contributed by atoms with Crippen LogP contribution < -0.4 is 14.8 Å². The fourth-order valence-corrected chi connectivity index (χ4v) is 3.74. The smallest absolute Gasteiger partial charge is 0.161 e. The van der Waals surface area contributed by atoms with Crippen molar-refractivity contribution in [3.05, 3.63) is 59.7 Å². The van der Waals surface area contributed by atoms with Crippen molar-refractivity contribution in [1.82, 2.24) is 5.32 Å². The highest BCUT2D eigenvalue weighted by Crippen LogP contribution is 2.32. The number of rotatable bonds is 7. The number of nitrogens with one attached hydrogen (secondary N) is 1. The number of hydrogen-bond donors (Lipinski definition) is 2. The molecule has 0 fully saturated rings. The van der Waals surface area contributed by atoms with Crippen LogP contribution in [0.2, 0.25) is 0 Å². The fraction of sp³-hybridized carbons (Fsp3) is 0.455. The summed E-state index contributed by atoms with van der Waals surface area (Å²) in [5.74, 6) is 1.56. The highest BCUT2D eigenvalue weighted by atomic mass is 16.6. The van der Waals surface area contributed by atoms with Crippen molar-refractivity contribution in [1.29, 1.82) is 0 Å². The molecule has 2 N–H and O–H groups in total. The number of aryl methyl sites for hydroxylation is 1. The van der Waals surface area contributed by atoms with Crippen LogP contribution in [0.4, 0.5) is 0 Å². The van der Waals surface area contributed by atoms with Crippen LogP contribution in [-0.2, 0) is 11.2 Å². The van der Waals surface area contributed by atoms with E-state index in [1.165, 1.54) is 11.1 Å². The second-order valence-corrected chi connectivity index (χ2v) is 7.22. The van der Waals surface area contributed by atoms with Crippen LogP contribution in [0.5, 0.6) is 11.5 Å². The summed E-state index contributed by atoms with van der Waals surface area (Å²) in [5.41, 5.74) is 2.64. The van der Waals surface area contributed by atoms with Gasteiger partial charge in [0.2, 0.25) is 0 Å². The lowest BCUT2D eigenvalue weighted by molar-refractivity contribution is -0.0177. The van der Waals surface area contributed by atoms with Gasteiger partial charge < -0.3 is 24.6 Å². The molecule has 0 saturated carbocycles. The molecule has 27 heavy (non-hydrogen) atoms. The van der Waals surface area contributed by atoms with Gasteiger partial charge in [-0.25, -0.2) is 0 Å². The number of ether oxygens (including phenoxy) is 3. The maximum Gasteiger partial charge on any atom is 0.161 e. The predicted molar refractivity (Wildman–Crippen MR) is 103 cm³/mol. The second kappa shape index (κ2) is 8.74. The zero-order valence-electron chi connectivity index (χ0n) is 15.5. The van der Waals surface area contributed by atoms with Gasteiger partial charge in [-0.3, -0.25) is 0 Å². The Kier molecular flexibility index (Phi) is 5.92. The van der Waals surface area contributed by atoms with Gasteiger partial charge in [-0.15, -0.1) is 0 Å². The molecular weight excluding hydrogens is 342 g/mol. The van der Waals surface area contributed by atoms with E-state index in [0.29, 0.717) is 26.3 Å². The first-order chi connectivity index (χ1) is 13.3. The minimum absolute atomic E-state index is 0.0572. The number of para-hydroxylation sites is 2. The van der Waals surface area contributed by atoms with Gasteiger partial charge in [0, 0.05) is 13.1 Å². The third-order valence-corrected chi connectivity index (χ3v) is 5.12. The van der Waals surface area contributed by atoms with E-state index >= 15 is 0 Å². The van der Waals surface area contributed by atoms with Gasteiger partial charge in [-0.05, 0) is 42.5 Å². The zero-order valence-corrected chi connectivity index (χ0v) is 15.5. The Labute approximate surface area is 160 Å². The molecule has 0 bridgehead atoms. The summed E-state index contributed by atoms with van der Waals surface area (Å²) in [6.45, 7) is 1.93. The molecule has 1 aliphatic heterocycles. The van der Waals surface area contributed by atoms with Crippen molar-refractivity contribution in [3.63, 3.8) is 0 Å². The summed E-state index contributed by atoms with van der Waals surface area (Å²) in [6, 6.07) is 16.1. The molecule has 0 unspecified atom stereocenters. The molecule has 3 atom stereocenters. The summed E-state index contributed by atoms with van der Waals surface area (Å²) >= 11 is 0. The number of hydrogen-bond acceptors (Lipinski definition) is 5. The molecule has 0 aromatic heterocycles. The minimum Gasteiger partial charge on any atom is -0.486 e. The van der Waals surface area contributed by atoms with Gasteiger partial charge in [0.05, 0.1) is 18.8 Å². The highest BCUT2D eigenvalue weighted by molar-refractivity contribution is 5.40. The normalized spacial score (nSPS) is 22.1. The summed E-state index contributed by atoms with van der Waals surface area (Å²) in [7, 11) is 0. The van der Waals surface area contributed by atoms with Crippen molar-refractivity contribution in [2.45, 2.75) is 37.6 Å². The molecule has 2 aromatic rings. The average Bonchev–Trinajstić information content (AvgIpc) is 2.72. The zero-order chi connectivity index (χ0) is 18.5. The number of aliphatic hydroxyl groups excluding tert-OH is 1. The monoisotopic (exact) mass is 369 g/mol. The van der Waals surface area contributed by atoms with Crippen molar-refractivity contribution >= 4 is 0 Å². The molecule has 2 aromatic carbocycles. The van der Waals surface area contributed by atoms with Crippen LogP contribution in [0, 0.1) is 0 Å². The lowest BCUT2D eigenvalue weighted by Crippen LogP contribution is -2.41. The van der Waals surface area contributed by atoms with E-state index in [0.717, 1.165) is 30.8 Å². The quantitative estimate of drug-likeness (QED) is 0.786. The maximum atomic E-state index is 10.3.